The SMILES string of the molecule is c1ccc(N(c2ccccc2)c2ccc(-c3ccc(Nc4cccc5ccccc45)s3)s2)cc1.c1ccc(N(c2ccccc2)c2ccc(Nc3cccc4ccccc34)cn2)cc1.c1ccc(N(c2ccccc2)c2cccc(-c3cccc(Nc4cccc5ccccc45)n3)n2)cc1.c1ccc(N(c2ccccc2)c2ncc(Nc3cccc4ccccc34)s2)cc1. The summed E-state index contributed by atoms with van der Waals surface area (Å²) in [7, 11) is 0. The Morgan fingerprint density at radius 2 is 0.543 bits per heavy atom. The molecule has 129 heavy (non-hydrogen) atoms. The monoisotopic (exact) mass is 1720 g/mol. The molecule has 0 aliphatic heterocycles. The van der Waals surface area contributed by atoms with E-state index in [2.05, 4.69) is 375 Å². The molecule has 12 nitrogen and oxygen atoms in total. The van der Waals surface area contributed by atoms with Crippen molar-refractivity contribution in [3.63, 3.8) is 0 Å². The predicted molar refractivity (Wildman–Crippen MR) is 549 cm³/mol. The highest BCUT2D eigenvalue weighted by molar-refractivity contribution is 7.26. The number of thiophene rings is 2. The fourth-order valence-electron chi connectivity index (χ4n) is 15.6. The zero-order valence-electron chi connectivity index (χ0n) is 70.1. The highest BCUT2D eigenvalue weighted by Gasteiger charge is 2.21. The third-order valence-corrected chi connectivity index (χ3v) is 24.8. The second-order valence-corrected chi connectivity index (χ2v) is 33.3. The maximum atomic E-state index is 5.03. The van der Waals surface area contributed by atoms with Gasteiger partial charge in [0.05, 0.1) is 34.5 Å². The lowest BCUT2D eigenvalue weighted by Gasteiger charge is -2.24. The van der Waals surface area contributed by atoms with Crippen LogP contribution in [0.25, 0.3) is 64.2 Å². The summed E-state index contributed by atoms with van der Waals surface area (Å²) < 4.78 is 0. The van der Waals surface area contributed by atoms with Gasteiger partial charge in [0.15, 0.2) is 5.13 Å². The number of nitrogens with zero attached hydrogens (tertiary/aromatic N) is 8. The summed E-state index contributed by atoms with van der Waals surface area (Å²) in [5.74, 6) is 2.48. The van der Waals surface area contributed by atoms with E-state index in [0.29, 0.717) is 0 Å². The Kier molecular flexibility index (Phi) is 25.4. The van der Waals surface area contributed by atoms with Crippen LogP contribution in [0.3, 0.4) is 0 Å². The molecule has 22 aromatic rings. The van der Waals surface area contributed by atoms with E-state index in [1.807, 2.05) is 175 Å². The number of anilines is 20. The van der Waals surface area contributed by atoms with Crippen LogP contribution in [0, 0.1) is 0 Å². The van der Waals surface area contributed by atoms with Crippen molar-refractivity contribution in [1.29, 1.82) is 0 Å². The number of benzene rings is 16. The number of fused-ring (bicyclic) bond motifs is 4. The second kappa shape index (κ2) is 40.0. The van der Waals surface area contributed by atoms with Crippen molar-refractivity contribution in [1.82, 2.24) is 19.9 Å². The highest BCUT2D eigenvalue weighted by Crippen LogP contribution is 2.46. The third kappa shape index (κ3) is 19.7. The first-order valence-corrected chi connectivity index (χ1v) is 45.1. The Bertz CT molecular complexity index is 7220. The number of thiazole rings is 1. The molecule has 0 amide bonds. The van der Waals surface area contributed by atoms with Crippen molar-refractivity contribution >= 4 is 189 Å². The van der Waals surface area contributed by atoms with E-state index < -0.39 is 0 Å². The minimum atomic E-state index is 0.777. The third-order valence-electron chi connectivity index (χ3n) is 21.6. The number of rotatable bonds is 22. The molecule has 0 aliphatic rings. The molecule has 0 bridgehead atoms. The van der Waals surface area contributed by atoms with Crippen LogP contribution < -0.4 is 40.9 Å². The van der Waals surface area contributed by atoms with Crippen LogP contribution in [0.5, 0.6) is 0 Å². The number of hydrogen-bond acceptors (Lipinski definition) is 15. The van der Waals surface area contributed by atoms with Crippen molar-refractivity contribution < 1.29 is 0 Å². The molecule has 0 atom stereocenters. The summed E-state index contributed by atoms with van der Waals surface area (Å²) in [5, 5.41) is 28.1. The molecule has 620 valence electrons. The Labute approximate surface area is 762 Å². The lowest BCUT2D eigenvalue weighted by Crippen LogP contribution is -2.11. The number of hydrogen-bond donors (Lipinski definition) is 4. The molecule has 0 saturated heterocycles. The predicted octanol–water partition coefficient (Wildman–Crippen LogP) is 33.3. The summed E-state index contributed by atoms with van der Waals surface area (Å²) in [6.45, 7) is 0. The Hall–Kier alpha value is -16.6. The summed E-state index contributed by atoms with van der Waals surface area (Å²) in [4.78, 5) is 30.8. The Morgan fingerprint density at radius 1 is 0.202 bits per heavy atom. The molecular formula is C114H86N12S3. The molecule has 16 aromatic carbocycles. The van der Waals surface area contributed by atoms with Crippen LogP contribution in [0.1, 0.15) is 0 Å². The molecular weight excluding hydrogens is 1630 g/mol. The molecule has 22 rings (SSSR count). The van der Waals surface area contributed by atoms with Crippen LogP contribution in [-0.4, -0.2) is 19.9 Å². The van der Waals surface area contributed by atoms with Crippen molar-refractivity contribution in [3.8, 4) is 21.1 Å². The van der Waals surface area contributed by atoms with E-state index in [-0.39, 0.29) is 0 Å². The summed E-state index contributed by atoms with van der Waals surface area (Å²) >= 11 is 5.24. The van der Waals surface area contributed by atoms with Gasteiger partial charge >= 0.3 is 0 Å². The molecule has 15 heteroatoms. The maximum absolute atomic E-state index is 5.03. The summed E-state index contributed by atoms with van der Waals surface area (Å²) in [5.41, 5.74) is 15.6. The zero-order chi connectivity index (χ0) is 86.5. The number of pyridine rings is 3. The van der Waals surface area contributed by atoms with Gasteiger partial charge in [-0.1, -0.05) is 315 Å². The van der Waals surface area contributed by atoms with Crippen LogP contribution in [0.4, 0.5) is 112 Å². The first-order valence-electron chi connectivity index (χ1n) is 42.6. The summed E-state index contributed by atoms with van der Waals surface area (Å²) in [6.07, 6.45) is 3.79. The van der Waals surface area contributed by atoms with Crippen molar-refractivity contribution in [2.45, 2.75) is 0 Å². The quantitative estimate of drug-likeness (QED) is 0.0518. The van der Waals surface area contributed by atoms with E-state index in [0.717, 1.165) is 123 Å². The maximum Gasteiger partial charge on any atom is 0.196 e. The molecule has 6 heterocycles. The van der Waals surface area contributed by atoms with Gasteiger partial charge in [-0.2, -0.15) is 0 Å². The Morgan fingerprint density at radius 3 is 0.977 bits per heavy atom. The number of para-hydroxylation sites is 8. The largest absolute Gasteiger partial charge is 0.354 e. The van der Waals surface area contributed by atoms with E-state index in [1.165, 1.54) is 52.5 Å². The van der Waals surface area contributed by atoms with Gasteiger partial charge in [-0.05, 0) is 204 Å². The average Bonchev–Trinajstić information content (AvgIpc) is 1.78. The molecule has 6 aromatic heterocycles. The van der Waals surface area contributed by atoms with Crippen molar-refractivity contribution in [2.24, 2.45) is 0 Å². The van der Waals surface area contributed by atoms with Gasteiger partial charge in [-0.15, -0.1) is 22.7 Å². The summed E-state index contributed by atoms with van der Waals surface area (Å²) in [6, 6.07) is 167. The van der Waals surface area contributed by atoms with Crippen LogP contribution in [-0.2, 0) is 0 Å². The van der Waals surface area contributed by atoms with E-state index in [9.17, 15) is 0 Å². The van der Waals surface area contributed by atoms with Crippen molar-refractivity contribution in [2.75, 3.05) is 40.9 Å². The van der Waals surface area contributed by atoms with Crippen molar-refractivity contribution in [3.05, 3.63) is 498 Å². The average molecular weight is 1720 g/mol. The van der Waals surface area contributed by atoms with Gasteiger partial charge in [0, 0.05) is 99.5 Å². The molecule has 4 N–H and O–H groups in total. The second-order valence-electron chi connectivity index (χ2n) is 30.1. The Balaban J connectivity index is 0.000000112. The highest BCUT2D eigenvalue weighted by atomic mass is 32.1. The van der Waals surface area contributed by atoms with E-state index >= 15 is 0 Å². The van der Waals surface area contributed by atoms with Gasteiger partial charge in [-0.3, -0.25) is 14.7 Å². The topological polar surface area (TPSA) is 113 Å². The first-order chi connectivity index (χ1) is 64.0. The minimum absolute atomic E-state index is 0.777. The van der Waals surface area contributed by atoms with Crippen LogP contribution >= 0.6 is 34.0 Å². The lowest BCUT2D eigenvalue weighted by molar-refractivity contribution is 1.17. The molecule has 0 fully saturated rings. The normalized spacial score (nSPS) is 10.8. The van der Waals surface area contributed by atoms with Gasteiger partial charge < -0.3 is 26.2 Å². The number of nitrogens with one attached hydrogen (secondary N) is 4. The van der Waals surface area contributed by atoms with Gasteiger partial charge in [0.1, 0.15) is 27.5 Å². The molecule has 0 spiro atoms. The van der Waals surface area contributed by atoms with E-state index in [4.69, 9.17) is 19.9 Å². The van der Waals surface area contributed by atoms with Gasteiger partial charge in [-0.25, -0.2) is 19.9 Å². The smallest absolute Gasteiger partial charge is 0.196 e. The van der Waals surface area contributed by atoms with Gasteiger partial charge in [0.25, 0.3) is 0 Å². The van der Waals surface area contributed by atoms with Gasteiger partial charge in [0.2, 0.25) is 0 Å². The first kappa shape index (κ1) is 82.1. The molecule has 0 saturated carbocycles. The standard InChI is InChI=1S/C32H24N4.C30H22N2S2.C27H21N3.C25H19N3S/c1-3-14-25(15-4-1)36(26-16-5-2-6-17-26)32-23-11-21-30(35-32)29-20-10-22-31(34-29)33-28-19-9-13-24-12-7-8-18-27(24)28;1-3-12-23(13-4-1)32(24-14-5-2-6-15-24)30-21-19-28(34-30)27-18-20-29(33-27)31-26-17-9-11-22-10-7-8-16-25(22)26;1-3-12-23(13-4-1)30(24-14-5-2-6-15-24)27-19-18-22(20-28-27)29-26-17-9-11-21-10-7-8-16-25(21)26;1-3-12-20(13-4-1)28(21-14-5-2-6-15-21)25-26-18-24(29-25)27-23-17-9-11-19-10-7-8-16-22(19)23/h1-23H,(H,33,34);1-21,31H;1-20,29H;1-18,27H. The lowest BCUT2D eigenvalue weighted by atomic mass is 10.1. The van der Waals surface area contributed by atoms with Crippen LogP contribution in [0.15, 0.2) is 498 Å². The minimum Gasteiger partial charge on any atom is -0.354 e. The van der Waals surface area contributed by atoms with Crippen LogP contribution in [0.2, 0.25) is 0 Å². The fourth-order valence-corrected chi connectivity index (χ4v) is 18.5. The molecule has 0 unspecified atom stereocenters. The zero-order valence-corrected chi connectivity index (χ0v) is 72.6. The number of aromatic nitrogens is 4. The van der Waals surface area contributed by atoms with E-state index in [1.54, 1.807) is 22.7 Å². The molecule has 0 radical (unpaired) electrons. The molecule has 0 aliphatic carbocycles. The fraction of sp³-hybridized carbons (Fsp3) is 0.